The van der Waals surface area contributed by atoms with E-state index in [1.165, 1.54) is 12.1 Å². The minimum absolute atomic E-state index is 0.343. The van der Waals surface area contributed by atoms with E-state index in [9.17, 15) is 4.39 Å². The van der Waals surface area contributed by atoms with Gasteiger partial charge in [-0.05, 0) is 24.3 Å². The van der Waals surface area contributed by atoms with Crippen LogP contribution in [0.2, 0.25) is 5.02 Å². The van der Waals surface area contributed by atoms with Gasteiger partial charge in [0.1, 0.15) is 11.6 Å². The van der Waals surface area contributed by atoms with Gasteiger partial charge in [0.05, 0.1) is 17.3 Å². The molecule has 0 saturated heterocycles. The first-order chi connectivity index (χ1) is 7.75. The molecular weight excluding hydrogens is 229 g/mol. The summed E-state index contributed by atoms with van der Waals surface area (Å²) in [7, 11) is 0. The van der Waals surface area contributed by atoms with Crippen LogP contribution < -0.4 is 5.32 Å². The predicted molar refractivity (Wildman–Crippen MR) is 60.8 cm³/mol. The molecule has 0 aliphatic rings. The van der Waals surface area contributed by atoms with Crippen molar-refractivity contribution in [1.29, 1.82) is 0 Å². The van der Waals surface area contributed by atoms with E-state index in [2.05, 4.69) is 15.3 Å². The van der Waals surface area contributed by atoms with E-state index in [4.69, 9.17) is 11.6 Å². The number of hydrogen-bond donors (Lipinski definition) is 1. The van der Waals surface area contributed by atoms with Crippen molar-refractivity contribution >= 4 is 17.3 Å². The smallest absolute Gasteiger partial charge is 0.147 e. The summed E-state index contributed by atoms with van der Waals surface area (Å²) in [4.78, 5) is 8.10. The van der Waals surface area contributed by atoms with E-state index in [-0.39, 0.29) is 5.82 Å². The number of anilines is 1. The quantitative estimate of drug-likeness (QED) is 0.892. The fourth-order valence-corrected chi connectivity index (χ4v) is 1.46. The molecule has 5 heteroatoms. The second-order valence-electron chi connectivity index (χ2n) is 3.14. The molecule has 0 saturated carbocycles. The van der Waals surface area contributed by atoms with Gasteiger partial charge in [0.15, 0.2) is 0 Å². The Hall–Kier alpha value is -1.68. The Balaban J connectivity index is 2.05. The summed E-state index contributed by atoms with van der Waals surface area (Å²) >= 11 is 5.85. The van der Waals surface area contributed by atoms with Crippen LogP contribution in [0.4, 0.5) is 10.1 Å². The maximum Gasteiger partial charge on any atom is 0.147 e. The van der Waals surface area contributed by atoms with Gasteiger partial charge in [-0.1, -0.05) is 11.6 Å². The number of benzene rings is 1. The fraction of sp³-hybridized carbons (Fsp3) is 0.0909. The van der Waals surface area contributed by atoms with Gasteiger partial charge in [0, 0.05) is 12.4 Å². The van der Waals surface area contributed by atoms with Crippen molar-refractivity contribution in [2.45, 2.75) is 6.54 Å². The molecule has 1 aromatic heterocycles. The molecule has 3 nitrogen and oxygen atoms in total. The number of hydrogen-bond acceptors (Lipinski definition) is 3. The van der Waals surface area contributed by atoms with Crippen molar-refractivity contribution in [1.82, 2.24) is 9.97 Å². The van der Waals surface area contributed by atoms with E-state index < -0.39 is 0 Å². The Morgan fingerprint density at radius 1 is 1.25 bits per heavy atom. The van der Waals surface area contributed by atoms with Gasteiger partial charge in [0.25, 0.3) is 0 Å². The van der Waals surface area contributed by atoms with E-state index >= 15 is 0 Å². The van der Waals surface area contributed by atoms with Crippen LogP contribution in [0.5, 0.6) is 0 Å². The van der Waals surface area contributed by atoms with Gasteiger partial charge in [0.2, 0.25) is 0 Å². The highest BCUT2D eigenvalue weighted by molar-refractivity contribution is 6.33. The average molecular weight is 238 g/mol. The standard InChI is InChI=1S/C11H9ClFN3/c12-9-6-8(13)2-3-10(9)16-7-11-14-4-1-5-15-11/h1-6,16H,7H2. The molecular formula is C11H9ClFN3. The lowest BCUT2D eigenvalue weighted by Crippen LogP contribution is -2.03. The molecule has 0 aliphatic carbocycles. The zero-order valence-electron chi connectivity index (χ0n) is 8.32. The molecule has 0 unspecified atom stereocenters. The molecule has 0 radical (unpaired) electrons. The number of rotatable bonds is 3. The van der Waals surface area contributed by atoms with Gasteiger partial charge in [-0.2, -0.15) is 0 Å². The van der Waals surface area contributed by atoms with E-state index in [0.717, 1.165) is 0 Å². The summed E-state index contributed by atoms with van der Waals surface area (Å²) in [6.45, 7) is 0.451. The Kier molecular flexibility index (Phi) is 3.31. The summed E-state index contributed by atoms with van der Waals surface area (Å²) in [6.07, 6.45) is 3.33. The SMILES string of the molecule is Fc1ccc(NCc2ncccn2)c(Cl)c1. The van der Waals surface area contributed by atoms with Gasteiger partial charge < -0.3 is 5.32 Å². The van der Waals surface area contributed by atoms with Gasteiger partial charge in [-0.25, -0.2) is 14.4 Å². The Morgan fingerprint density at radius 3 is 2.69 bits per heavy atom. The van der Waals surface area contributed by atoms with Crippen LogP contribution in [0.25, 0.3) is 0 Å². The highest BCUT2D eigenvalue weighted by Crippen LogP contribution is 2.22. The van der Waals surface area contributed by atoms with E-state index in [0.29, 0.717) is 23.1 Å². The third-order valence-electron chi connectivity index (χ3n) is 1.99. The number of nitrogens with one attached hydrogen (secondary N) is 1. The molecule has 0 bridgehead atoms. The van der Waals surface area contributed by atoms with Crippen LogP contribution in [-0.2, 0) is 6.54 Å². The molecule has 0 fully saturated rings. The maximum absolute atomic E-state index is 12.8. The van der Waals surface area contributed by atoms with Crippen molar-refractivity contribution in [3.05, 3.63) is 53.3 Å². The lowest BCUT2D eigenvalue weighted by Gasteiger charge is -2.06. The summed E-state index contributed by atoms with van der Waals surface area (Å²) in [5.74, 6) is 0.300. The zero-order chi connectivity index (χ0) is 11.4. The molecule has 0 aliphatic heterocycles. The second kappa shape index (κ2) is 4.90. The van der Waals surface area contributed by atoms with Gasteiger partial charge in [-0.15, -0.1) is 0 Å². The van der Waals surface area contributed by atoms with Crippen molar-refractivity contribution in [3.8, 4) is 0 Å². The van der Waals surface area contributed by atoms with Crippen LogP contribution in [0.3, 0.4) is 0 Å². The van der Waals surface area contributed by atoms with Crippen molar-refractivity contribution in [2.75, 3.05) is 5.32 Å². The molecule has 2 rings (SSSR count). The van der Waals surface area contributed by atoms with Crippen LogP contribution in [0.1, 0.15) is 5.82 Å². The minimum Gasteiger partial charge on any atom is -0.377 e. The van der Waals surface area contributed by atoms with Gasteiger partial charge in [-0.3, -0.25) is 0 Å². The van der Waals surface area contributed by atoms with E-state index in [1.807, 2.05) is 0 Å². The first-order valence-electron chi connectivity index (χ1n) is 4.70. The normalized spacial score (nSPS) is 10.1. The Morgan fingerprint density at radius 2 is 2.00 bits per heavy atom. The fourth-order valence-electron chi connectivity index (χ4n) is 1.23. The lowest BCUT2D eigenvalue weighted by atomic mass is 10.3. The molecule has 2 aromatic rings. The monoisotopic (exact) mass is 237 g/mol. The lowest BCUT2D eigenvalue weighted by molar-refractivity contribution is 0.628. The average Bonchev–Trinajstić information content (AvgIpc) is 2.29. The number of nitrogens with zero attached hydrogens (tertiary/aromatic N) is 2. The third kappa shape index (κ3) is 2.67. The molecule has 1 aromatic carbocycles. The topological polar surface area (TPSA) is 37.8 Å². The maximum atomic E-state index is 12.8. The molecule has 0 amide bonds. The van der Waals surface area contributed by atoms with Crippen molar-refractivity contribution in [3.63, 3.8) is 0 Å². The molecule has 1 N–H and O–H groups in total. The molecule has 82 valence electrons. The van der Waals surface area contributed by atoms with Crippen molar-refractivity contribution in [2.24, 2.45) is 0 Å². The van der Waals surface area contributed by atoms with Crippen LogP contribution >= 0.6 is 11.6 Å². The Bertz CT molecular complexity index is 476. The van der Waals surface area contributed by atoms with Crippen LogP contribution in [-0.4, -0.2) is 9.97 Å². The largest absolute Gasteiger partial charge is 0.377 e. The highest BCUT2D eigenvalue weighted by Gasteiger charge is 2.02. The number of aromatic nitrogens is 2. The predicted octanol–water partition coefficient (Wildman–Crippen LogP) is 2.88. The van der Waals surface area contributed by atoms with E-state index in [1.54, 1.807) is 24.5 Å². The molecule has 0 spiro atoms. The van der Waals surface area contributed by atoms with Crippen LogP contribution in [0, 0.1) is 5.82 Å². The van der Waals surface area contributed by atoms with Gasteiger partial charge >= 0.3 is 0 Å². The molecule has 1 heterocycles. The second-order valence-corrected chi connectivity index (χ2v) is 3.55. The highest BCUT2D eigenvalue weighted by atomic mass is 35.5. The summed E-state index contributed by atoms with van der Waals surface area (Å²) < 4.78 is 12.8. The third-order valence-corrected chi connectivity index (χ3v) is 2.30. The van der Waals surface area contributed by atoms with Crippen LogP contribution in [0.15, 0.2) is 36.7 Å². The molecule has 16 heavy (non-hydrogen) atoms. The summed E-state index contributed by atoms with van der Waals surface area (Å²) in [6, 6.07) is 5.94. The number of halogens is 2. The minimum atomic E-state index is -0.355. The Labute approximate surface area is 97.3 Å². The zero-order valence-corrected chi connectivity index (χ0v) is 9.08. The summed E-state index contributed by atoms with van der Waals surface area (Å²) in [5.41, 5.74) is 0.663. The summed E-state index contributed by atoms with van der Waals surface area (Å²) in [5, 5.41) is 3.38. The molecule has 0 atom stereocenters. The van der Waals surface area contributed by atoms with Crippen molar-refractivity contribution < 1.29 is 4.39 Å². The first kappa shape index (κ1) is 10.8. The first-order valence-corrected chi connectivity index (χ1v) is 5.08.